The molecule has 0 saturated carbocycles. The van der Waals surface area contributed by atoms with Gasteiger partial charge >= 0.3 is 0 Å². The van der Waals surface area contributed by atoms with Crippen molar-refractivity contribution in [1.29, 1.82) is 0 Å². The Morgan fingerprint density at radius 2 is 1.91 bits per heavy atom. The van der Waals surface area contributed by atoms with Crippen LogP contribution in [0.15, 0.2) is 36.4 Å². The Balaban J connectivity index is 1.45. The highest BCUT2D eigenvalue weighted by atomic mass is 16.5. The number of hydrogen-bond donors (Lipinski definition) is 1. The van der Waals surface area contributed by atoms with E-state index in [-0.39, 0.29) is 5.91 Å². The van der Waals surface area contributed by atoms with Crippen molar-refractivity contribution in [3.63, 3.8) is 0 Å². The molecular weight excluding hydrogens is 278 g/mol. The fourth-order valence-corrected chi connectivity index (χ4v) is 3.39. The number of ether oxygens (including phenoxy) is 1. The molecule has 5 nitrogen and oxygen atoms in total. The first kappa shape index (κ1) is 13.5. The van der Waals surface area contributed by atoms with Crippen LogP contribution in [0.25, 0.3) is 11.3 Å². The highest BCUT2D eigenvalue weighted by molar-refractivity contribution is 5.94. The van der Waals surface area contributed by atoms with Crippen molar-refractivity contribution in [3.05, 3.63) is 42.1 Å². The van der Waals surface area contributed by atoms with Crippen LogP contribution in [0.4, 0.5) is 0 Å². The van der Waals surface area contributed by atoms with Gasteiger partial charge in [0, 0.05) is 37.3 Å². The maximum Gasteiger partial charge on any atom is 0.271 e. The van der Waals surface area contributed by atoms with Gasteiger partial charge in [0.2, 0.25) is 0 Å². The van der Waals surface area contributed by atoms with E-state index >= 15 is 0 Å². The number of carbonyl (C=O) groups is 1. The number of carbonyl (C=O) groups excluding carboxylic acids is 1. The van der Waals surface area contributed by atoms with Gasteiger partial charge in [0.15, 0.2) is 0 Å². The summed E-state index contributed by atoms with van der Waals surface area (Å²) in [6, 6.07) is 11.7. The van der Waals surface area contributed by atoms with Gasteiger partial charge in [0.05, 0.1) is 5.69 Å². The van der Waals surface area contributed by atoms with Crippen LogP contribution in [-0.2, 0) is 4.74 Å². The number of H-pyrrole nitrogens is 1. The average Bonchev–Trinajstić information content (AvgIpc) is 3.03. The highest BCUT2D eigenvalue weighted by Gasteiger charge is 2.46. The molecule has 5 heteroatoms. The van der Waals surface area contributed by atoms with Crippen molar-refractivity contribution >= 4 is 5.91 Å². The van der Waals surface area contributed by atoms with Crippen molar-refractivity contribution in [1.82, 2.24) is 15.1 Å². The minimum atomic E-state index is 0.0480. The monoisotopic (exact) mass is 297 g/mol. The van der Waals surface area contributed by atoms with E-state index in [4.69, 9.17) is 4.74 Å². The standard InChI is InChI=1S/C17H19N3O2/c21-16(20-11-17(12-20)6-8-22-9-7-17)15-10-14(18-19-15)13-4-2-1-3-5-13/h1-5,10H,6-9,11-12H2,(H,18,19). The summed E-state index contributed by atoms with van der Waals surface area (Å²) >= 11 is 0. The summed E-state index contributed by atoms with van der Waals surface area (Å²) in [4.78, 5) is 14.4. The first-order valence-electron chi connectivity index (χ1n) is 7.74. The SMILES string of the molecule is O=C(c1cc(-c2ccccc2)n[nH]1)N1CC2(CCOCC2)C1. The van der Waals surface area contributed by atoms with E-state index in [0.717, 1.165) is 50.4 Å². The van der Waals surface area contributed by atoms with Crippen LogP contribution in [0, 0.1) is 5.41 Å². The lowest BCUT2D eigenvalue weighted by molar-refractivity contribution is -0.0668. The van der Waals surface area contributed by atoms with Crippen LogP contribution in [-0.4, -0.2) is 47.3 Å². The minimum absolute atomic E-state index is 0.0480. The molecule has 4 rings (SSSR count). The molecule has 2 saturated heterocycles. The molecule has 0 radical (unpaired) electrons. The average molecular weight is 297 g/mol. The van der Waals surface area contributed by atoms with Crippen LogP contribution in [0.1, 0.15) is 23.3 Å². The van der Waals surface area contributed by atoms with Crippen LogP contribution >= 0.6 is 0 Å². The van der Waals surface area contributed by atoms with Gasteiger partial charge in [0.1, 0.15) is 5.69 Å². The van der Waals surface area contributed by atoms with Gasteiger partial charge < -0.3 is 9.64 Å². The molecule has 2 fully saturated rings. The van der Waals surface area contributed by atoms with Gasteiger partial charge in [0.25, 0.3) is 5.91 Å². The molecule has 114 valence electrons. The summed E-state index contributed by atoms with van der Waals surface area (Å²) in [5, 5.41) is 7.14. The van der Waals surface area contributed by atoms with E-state index in [1.165, 1.54) is 0 Å². The van der Waals surface area contributed by atoms with E-state index in [1.807, 2.05) is 41.3 Å². The fraction of sp³-hybridized carbons (Fsp3) is 0.412. The predicted octanol–water partition coefficient (Wildman–Crippen LogP) is 2.33. The number of aromatic amines is 1. The Morgan fingerprint density at radius 3 is 2.64 bits per heavy atom. The van der Waals surface area contributed by atoms with Crippen molar-refractivity contribution in [2.45, 2.75) is 12.8 Å². The second-order valence-corrected chi connectivity index (χ2v) is 6.31. The minimum Gasteiger partial charge on any atom is -0.381 e. The number of aromatic nitrogens is 2. The van der Waals surface area contributed by atoms with E-state index < -0.39 is 0 Å². The quantitative estimate of drug-likeness (QED) is 0.925. The second-order valence-electron chi connectivity index (χ2n) is 6.31. The molecule has 1 amide bonds. The molecule has 3 heterocycles. The van der Waals surface area contributed by atoms with Crippen molar-refractivity contribution < 1.29 is 9.53 Å². The van der Waals surface area contributed by atoms with Crippen LogP contribution in [0.2, 0.25) is 0 Å². The number of nitrogens with one attached hydrogen (secondary N) is 1. The molecule has 0 bridgehead atoms. The number of benzene rings is 1. The van der Waals surface area contributed by atoms with Crippen LogP contribution in [0.3, 0.4) is 0 Å². The summed E-state index contributed by atoms with van der Waals surface area (Å²) < 4.78 is 5.41. The molecule has 2 aliphatic heterocycles. The van der Waals surface area contributed by atoms with Crippen LogP contribution in [0.5, 0.6) is 0 Å². The van der Waals surface area contributed by atoms with Gasteiger partial charge in [-0.15, -0.1) is 0 Å². The second kappa shape index (κ2) is 5.25. The van der Waals surface area contributed by atoms with E-state index in [9.17, 15) is 4.79 Å². The van der Waals surface area contributed by atoms with Gasteiger partial charge in [-0.05, 0) is 18.9 Å². The summed E-state index contributed by atoms with van der Waals surface area (Å²) in [5.74, 6) is 0.0480. The number of rotatable bonds is 2. The Kier molecular flexibility index (Phi) is 3.22. The fourth-order valence-electron chi connectivity index (χ4n) is 3.39. The molecule has 1 spiro atoms. The molecule has 2 aliphatic rings. The van der Waals surface area contributed by atoms with Crippen molar-refractivity contribution in [3.8, 4) is 11.3 Å². The molecule has 1 aromatic carbocycles. The molecule has 0 unspecified atom stereocenters. The molecule has 0 aliphatic carbocycles. The Labute approximate surface area is 129 Å². The van der Waals surface area contributed by atoms with Gasteiger partial charge in [-0.2, -0.15) is 5.10 Å². The molecule has 22 heavy (non-hydrogen) atoms. The van der Waals surface area contributed by atoms with Gasteiger partial charge in [-0.25, -0.2) is 0 Å². The lowest BCUT2D eigenvalue weighted by Crippen LogP contribution is -2.60. The number of amides is 1. The lowest BCUT2D eigenvalue weighted by atomic mass is 9.73. The van der Waals surface area contributed by atoms with Gasteiger partial charge in [-0.3, -0.25) is 9.89 Å². The number of nitrogens with zero attached hydrogens (tertiary/aromatic N) is 2. The summed E-state index contributed by atoms with van der Waals surface area (Å²) in [6.45, 7) is 3.33. The third-order valence-electron chi connectivity index (χ3n) is 4.77. The molecule has 0 atom stereocenters. The van der Waals surface area contributed by atoms with Gasteiger partial charge in [-0.1, -0.05) is 30.3 Å². The first-order valence-corrected chi connectivity index (χ1v) is 7.74. The molecular formula is C17H19N3O2. The Hall–Kier alpha value is -2.14. The normalized spacial score (nSPS) is 19.9. The zero-order valence-corrected chi connectivity index (χ0v) is 12.4. The Morgan fingerprint density at radius 1 is 1.18 bits per heavy atom. The maximum absolute atomic E-state index is 12.5. The molecule has 2 aromatic rings. The maximum atomic E-state index is 12.5. The van der Waals surface area contributed by atoms with E-state index in [2.05, 4.69) is 10.2 Å². The zero-order valence-electron chi connectivity index (χ0n) is 12.4. The topological polar surface area (TPSA) is 58.2 Å². The lowest BCUT2D eigenvalue weighted by Gasteiger charge is -2.51. The largest absolute Gasteiger partial charge is 0.381 e. The Bertz CT molecular complexity index is 666. The zero-order chi connectivity index (χ0) is 15.0. The summed E-state index contributed by atoms with van der Waals surface area (Å²) in [5.41, 5.74) is 2.70. The third kappa shape index (κ3) is 2.31. The third-order valence-corrected chi connectivity index (χ3v) is 4.77. The smallest absolute Gasteiger partial charge is 0.271 e. The van der Waals surface area contributed by atoms with Crippen molar-refractivity contribution in [2.24, 2.45) is 5.41 Å². The predicted molar refractivity (Wildman–Crippen MR) is 82.4 cm³/mol. The number of hydrogen-bond acceptors (Lipinski definition) is 3. The molecule has 1 aromatic heterocycles. The van der Waals surface area contributed by atoms with E-state index in [1.54, 1.807) is 0 Å². The van der Waals surface area contributed by atoms with Crippen LogP contribution < -0.4 is 0 Å². The first-order chi connectivity index (χ1) is 10.8. The van der Waals surface area contributed by atoms with E-state index in [0.29, 0.717) is 11.1 Å². The highest BCUT2D eigenvalue weighted by Crippen LogP contribution is 2.40. The summed E-state index contributed by atoms with van der Waals surface area (Å²) in [6.07, 6.45) is 2.13. The number of likely N-dealkylation sites (tertiary alicyclic amines) is 1. The summed E-state index contributed by atoms with van der Waals surface area (Å²) in [7, 11) is 0. The van der Waals surface area contributed by atoms with Crippen molar-refractivity contribution in [2.75, 3.05) is 26.3 Å². The molecule has 1 N–H and O–H groups in total.